The molecule has 1 aromatic carbocycles. The first-order chi connectivity index (χ1) is 20.9. The second-order valence-electron chi connectivity index (χ2n) is 13.2. The molecule has 0 aliphatic carbocycles. The van der Waals surface area contributed by atoms with Crippen molar-refractivity contribution >= 4 is 23.2 Å². The lowest BCUT2D eigenvalue weighted by molar-refractivity contribution is -0.117. The number of anilines is 2. The van der Waals surface area contributed by atoms with Gasteiger partial charge in [0, 0.05) is 24.2 Å². The van der Waals surface area contributed by atoms with Crippen molar-refractivity contribution in [2.75, 3.05) is 10.6 Å². The summed E-state index contributed by atoms with van der Waals surface area (Å²) in [4.78, 5) is 25.3. The molecule has 1 rings (SSSR count). The van der Waals surface area contributed by atoms with Crippen LogP contribution in [-0.4, -0.2) is 11.8 Å². The number of unbranched alkanes of at least 4 members (excludes halogenated alkanes) is 22. The largest absolute Gasteiger partial charge is 0.326 e. The topological polar surface area (TPSA) is 58.2 Å². The Bertz CT molecular complexity index is 863. The van der Waals surface area contributed by atoms with Gasteiger partial charge < -0.3 is 10.6 Å². The Morgan fingerprint density at radius 2 is 0.791 bits per heavy atom. The molecular formula is C39H70N2O2. The van der Waals surface area contributed by atoms with Gasteiger partial charge in [0.1, 0.15) is 0 Å². The molecule has 4 heteroatoms. The maximum atomic E-state index is 12.7. The third kappa shape index (κ3) is 19.9. The van der Waals surface area contributed by atoms with E-state index in [1.54, 1.807) is 0 Å². The van der Waals surface area contributed by atoms with Gasteiger partial charge in [-0.2, -0.15) is 0 Å². The first-order valence-corrected chi connectivity index (χ1v) is 18.6. The Morgan fingerprint density at radius 1 is 0.465 bits per heavy atom. The van der Waals surface area contributed by atoms with E-state index in [2.05, 4.69) is 24.5 Å². The predicted molar refractivity (Wildman–Crippen MR) is 189 cm³/mol. The van der Waals surface area contributed by atoms with Crippen molar-refractivity contribution in [3.63, 3.8) is 0 Å². The Hall–Kier alpha value is -1.84. The standard InChI is InChI=1S/C39H70N2O2/c1-6-8-10-12-14-16-18-20-22-24-26-28-30-37(42)40-36-32-33(3)39(35(5)34(36)4)41-38(43)31-29-27-25-23-21-19-17-15-13-11-9-7-2/h32H,6-31H2,1-5H3,(H,40,42)(H,41,43). The van der Waals surface area contributed by atoms with E-state index in [-0.39, 0.29) is 11.8 Å². The molecule has 0 atom stereocenters. The van der Waals surface area contributed by atoms with E-state index in [1.165, 1.54) is 128 Å². The number of nitrogens with one attached hydrogen (secondary N) is 2. The highest BCUT2D eigenvalue weighted by atomic mass is 16.2. The van der Waals surface area contributed by atoms with Gasteiger partial charge in [-0.1, -0.05) is 155 Å². The van der Waals surface area contributed by atoms with Crippen LogP contribution in [0.4, 0.5) is 11.4 Å². The smallest absolute Gasteiger partial charge is 0.224 e. The van der Waals surface area contributed by atoms with Crippen LogP contribution in [0, 0.1) is 20.8 Å². The maximum absolute atomic E-state index is 12.7. The summed E-state index contributed by atoms with van der Waals surface area (Å²) in [6.07, 6.45) is 32.3. The van der Waals surface area contributed by atoms with E-state index in [1.807, 2.05) is 26.8 Å². The lowest BCUT2D eigenvalue weighted by Gasteiger charge is -2.18. The molecule has 0 unspecified atom stereocenters. The summed E-state index contributed by atoms with van der Waals surface area (Å²) in [5.74, 6) is 0.194. The van der Waals surface area contributed by atoms with Crippen molar-refractivity contribution in [1.29, 1.82) is 0 Å². The molecule has 0 heterocycles. The van der Waals surface area contributed by atoms with Gasteiger partial charge in [-0.3, -0.25) is 9.59 Å². The number of amides is 2. The third-order valence-corrected chi connectivity index (χ3v) is 9.15. The van der Waals surface area contributed by atoms with Crippen LogP contribution in [0.15, 0.2) is 6.07 Å². The van der Waals surface area contributed by atoms with Crippen LogP contribution in [0.25, 0.3) is 0 Å². The lowest BCUT2D eigenvalue weighted by Crippen LogP contribution is -2.16. The van der Waals surface area contributed by atoms with Crippen molar-refractivity contribution in [3.8, 4) is 0 Å². The number of carbonyl (C=O) groups is 2. The van der Waals surface area contributed by atoms with E-state index >= 15 is 0 Å². The Balaban J connectivity index is 2.22. The van der Waals surface area contributed by atoms with Gasteiger partial charge in [-0.05, 0) is 56.4 Å². The van der Waals surface area contributed by atoms with Crippen molar-refractivity contribution < 1.29 is 9.59 Å². The van der Waals surface area contributed by atoms with E-state index < -0.39 is 0 Å². The minimum Gasteiger partial charge on any atom is -0.326 e. The molecule has 0 radical (unpaired) electrons. The maximum Gasteiger partial charge on any atom is 0.224 e. The SMILES string of the molecule is CCCCCCCCCCCCCCC(=O)Nc1cc(C)c(NC(=O)CCCCCCCCCCCCCC)c(C)c1C. The van der Waals surface area contributed by atoms with Crippen LogP contribution >= 0.6 is 0 Å². The molecule has 4 nitrogen and oxygen atoms in total. The van der Waals surface area contributed by atoms with Gasteiger partial charge in [0.2, 0.25) is 11.8 Å². The number of hydrogen-bond acceptors (Lipinski definition) is 2. The van der Waals surface area contributed by atoms with Gasteiger partial charge >= 0.3 is 0 Å². The summed E-state index contributed by atoms with van der Waals surface area (Å²) in [7, 11) is 0. The van der Waals surface area contributed by atoms with Crippen molar-refractivity contribution in [2.24, 2.45) is 0 Å². The molecule has 0 fully saturated rings. The molecule has 0 saturated heterocycles. The molecule has 0 saturated carbocycles. The molecule has 0 aliphatic rings. The quantitative estimate of drug-likeness (QED) is 0.0942. The number of rotatable bonds is 28. The first-order valence-electron chi connectivity index (χ1n) is 18.6. The minimum absolute atomic E-state index is 0.0951. The number of hydrogen-bond donors (Lipinski definition) is 2. The van der Waals surface area contributed by atoms with Gasteiger partial charge in [0.25, 0.3) is 0 Å². The second kappa shape index (κ2) is 26.6. The molecule has 248 valence electrons. The first kappa shape index (κ1) is 39.2. The molecule has 0 spiro atoms. The Labute approximate surface area is 267 Å². The van der Waals surface area contributed by atoms with Gasteiger partial charge in [-0.15, -0.1) is 0 Å². The normalized spacial score (nSPS) is 11.2. The summed E-state index contributed by atoms with van der Waals surface area (Å²) in [6.45, 7) is 10.6. The molecular weight excluding hydrogens is 528 g/mol. The van der Waals surface area contributed by atoms with Crippen molar-refractivity contribution in [3.05, 3.63) is 22.8 Å². The van der Waals surface area contributed by atoms with Crippen molar-refractivity contribution in [2.45, 2.75) is 202 Å². The molecule has 2 amide bonds. The zero-order chi connectivity index (χ0) is 31.5. The van der Waals surface area contributed by atoms with E-state index in [0.29, 0.717) is 12.8 Å². The number of aryl methyl sites for hydroxylation is 1. The summed E-state index contributed by atoms with van der Waals surface area (Å²) in [5, 5.41) is 6.30. The van der Waals surface area contributed by atoms with Crippen molar-refractivity contribution in [1.82, 2.24) is 0 Å². The van der Waals surface area contributed by atoms with E-state index in [9.17, 15) is 9.59 Å². The molecule has 0 aliphatic heterocycles. The van der Waals surface area contributed by atoms with E-state index in [4.69, 9.17) is 0 Å². The van der Waals surface area contributed by atoms with Crippen LogP contribution in [-0.2, 0) is 9.59 Å². The highest BCUT2D eigenvalue weighted by Crippen LogP contribution is 2.30. The Morgan fingerprint density at radius 3 is 1.16 bits per heavy atom. The van der Waals surface area contributed by atoms with Gasteiger partial charge in [-0.25, -0.2) is 0 Å². The molecule has 2 N–H and O–H groups in total. The van der Waals surface area contributed by atoms with Gasteiger partial charge in [0.05, 0.1) is 0 Å². The second-order valence-corrected chi connectivity index (χ2v) is 13.2. The summed E-state index contributed by atoms with van der Waals surface area (Å²) < 4.78 is 0. The van der Waals surface area contributed by atoms with Crippen LogP contribution in [0.2, 0.25) is 0 Å². The molecule has 0 bridgehead atoms. The highest BCUT2D eigenvalue weighted by Gasteiger charge is 2.14. The monoisotopic (exact) mass is 599 g/mol. The fourth-order valence-corrected chi connectivity index (χ4v) is 6.07. The summed E-state index contributed by atoms with van der Waals surface area (Å²) in [6, 6.07) is 2.02. The molecule has 1 aromatic rings. The minimum atomic E-state index is 0.0951. The zero-order valence-electron chi connectivity index (χ0n) is 29.3. The lowest BCUT2D eigenvalue weighted by atomic mass is 10.0. The molecule has 0 aromatic heterocycles. The third-order valence-electron chi connectivity index (χ3n) is 9.15. The highest BCUT2D eigenvalue weighted by molar-refractivity contribution is 5.95. The molecule has 43 heavy (non-hydrogen) atoms. The van der Waals surface area contributed by atoms with Crippen LogP contribution in [0.3, 0.4) is 0 Å². The average molecular weight is 599 g/mol. The zero-order valence-corrected chi connectivity index (χ0v) is 29.3. The van der Waals surface area contributed by atoms with Crippen LogP contribution < -0.4 is 10.6 Å². The fraction of sp³-hybridized carbons (Fsp3) is 0.795. The van der Waals surface area contributed by atoms with Crippen LogP contribution in [0.1, 0.15) is 197 Å². The van der Waals surface area contributed by atoms with Gasteiger partial charge in [0.15, 0.2) is 0 Å². The summed E-state index contributed by atoms with van der Waals surface area (Å²) >= 11 is 0. The average Bonchev–Trinajstić information content (AvgIpc) is 2.99. The summed E-state index contributed by atoms with van der Waals surface area (Å²) in [5.41, 5.74) is 4.86. The Kier molecular flexibility index (Phi) is 24.2. The number of benzene rings is 1. The number of carbonyl (C=O) groups excluding carboxylic acids is 2. The van der Waals surface area contributed by atoms with E-state index in [0.717, 1.165) is 53.7 Å². The van der Waals surface area contributed by atoms with Crippen LogP contribution in [0.5, 0.6) is 0 Å². The predicted octanol–water partition coefficient (Wildman–Crippen LogP) is 12.7. The fourth-order valence-electron chi connectivity index (χ4n) is 6.07.